The van der Waals surface area contributed by atoms with Crippen LogP contribution in [0.3, 0.4) is 0 Å². The zero-order valence-corrected chi connectivity index (χ0v) is 19.5. The summed E-state index contributed by atoms with van der Waals surface area (Å²) in [5, 5.41) is 9.38. The highest BCUT2D eigenvalue weighted by Crippen LogP contribution is 2.16. The number of hydrogen-bond acceptors (Lipinski definition) is 2. The molecule has 4 heteroatoms. The second-order valence-corrected chi connectivity index (χ2v) is 8.18. The maximum atomic E-state index is 12.1. The average Bonchev–Trinajstić information content (AvgIpc) is 2.70. The molecule has 0 aromatic heterocycles. The summed E-state index contributed by atoms with van der Waals surface area (Å²) in [4.78, 5) is 25.3. The van der Waals surface area contributed by atoms with E-state index in [1.54, 1.807) is 4.90 Å². The van der Waals surface area contributed by atoms with Gasteiger partial charge in [-0.3, -0.25) is 9.59 Å². The van der Waals surface area contributed by atoms with E-state index in [-0.39, 0.29) is 12.3 Å². The van der Waals surface area contributed by atoms with Crippen LogP contribution >= 0.6 is 0 Å². The molecule has 1 atom stereocenters. The van der Waals surface area contributed by atoms with Crippen molar-refractivity contribution in [3.05, 3.63) is 12.2 Å². The summed E-state index contributed by atoms with van der Waals surface area (Å²) in [7, 11) is 0. The number of unbranched alkanes of at least 4 members (excludes halogenated alkanes) is 11. The quantitative estimate of drug-likeness (QED) is 0.174. The van der Waals surface area contributed by atoms with E-state index in [0.717, 1.165) is 25.7 Å². The smallest absolute Gasteiger partial charge is 0.307 e. The van der Waals surface area contributed by atoms with Crippen LogP contribution in [0, 0.1) is 5.92 Å². The molecule has 0 aromatic carbocycles. The van der Waals surface area contributed by atoms with Gasteiger partial charge in [-0.25, -0.2) is 0 Å². The van der Waals surface area contributed by atoms with Crippen LogP contribution in [0.1, 0.15) is 117 Å². The highest BCUT2D eigenvalue weighted by Gasteiger charge is 2.22. The molecular formula is C25H47NO3. The predicted molar refractivity (Wildman–Crippen MR) is 123 cm³/mol. The van der Waals surface area contributed by atoms with E-state index in [1.807, 2.05) is 13.8 Å². The van der Waals surface area contributed by atoms with Crippen LogP contribution in [0.15, 0.2) is 12.2 Å². The fraction of sp³-hybridized carbons (Fsp3) is 0.840. The lowest BCUT2D eigenvalue weighted by molar-refractivity contribution is -0.146. The Labute approximate surface area is 180 Å². The Morgan fingerprint density at radius 3 is 1.72 bits per heavy atom. The standard InChI is InChI=1S/C25H47NO3/c1-4-7-8-9-10-11-12-13-14-15-16-17-18-19-20-21-23(25(28)29)22-24(27)26(5-2)6-3/h16-17,23H,4-15,18-22H2,1-3H3,(H,28,29)/b17-16+. The molecular weight excluding hydrogens is 362 g/mol. The molecule has 0 aliphatic rings. The summed E-state index contributed by atoms with van der Waals surface area (Å²) in [5.74, 6) is -1.43. The molecule has 0 saturated heterocycles. The fourth-order valence-corrected chi connectivity index (χ4v) is 3.69. The molecule has 0 aliphatic carbocycles. The molecule has 0 saturated carbocycles. The Morgan fingerprint density at radius 1 is 0.759 bits per heavy atom. The van der Waals surface area contributed by atoms with Gasteiger partial charge in [0.25, 0.3) is 0 Å². The second-order valence-electron chi connectivity index (χ2n) is 8.18. The second kappa shape index (κ2) is 20.0. The number of aliphatic carboxylic acids is 1. The summed E-state index contributed by atoms with van der Waals surface area (Å²) < 4.78 is 0. The Bertz CT molecular complexity index is 430. The highest BCUT2D eigenvalue weighted by atomic mass is 16.4. The Kier molecular flexibility index (Phi) is 19.1. The number of amides is 1. The zero-order valence-electron chi connectivity index (χ0n) is 19.5. The first-order valence-corrected chi connectivity index (χ1v) is 12.2. The van der Waals surface area contributed by atoms with Gasteiger partial charge in [0.15, 0.2) is 0 Å². The van der Waals surface area contributed by atoms with Crippen molar-refractivity contribution in [3.63, 3.8) is 0 Å². The Balaban J connectivity index is 3.69. The number of carbonyl (C=O) groups is 2. The summed E-state index contributed by atoms with van der Waals surface area (Å²) in [6.07, 6.45) is 21.5. The third-order valence-electron chi connectivity index (χ3n) is 5.70. The summed E-state index contributed by atoms with van der Waals surface area (Å²) in [6.45, 7) is 7.41. The molecule has 29 heavy (non-hydrogen) atoms. The van der Waals surface area contributed by atoms with Crippen LogP contribution in [-0.2, 0) is 9.59 Å². The van der Waals surface area contributed by atoms with Crippen molar-refractivity contribution < 1.29 is 14.7 Å². The van der Waals surface area contributed by atoms with Crippen molar-refractivity contribution in [1.82, 2.24) is 4.90 Å². The maximum Gasteiger partial charge on any atom is 0.307 e. The number of allylic oxidation sites excluding steroid dienone is 2. The summed E-state index contributed by atoms with van der Waals surface area (Å²) in [5.41, 5.74) is 0. The minimum absolute atomic E-state index is 0.0387. The molecule has 0 aromatic rings. The van der Waals surface area contributed by atoms with Crippen LogP contribution in [0.25, 0.3) is 0 Å². The molecule has 0 radical (unpaired) electrons. The Hall–Kier alpha value is -1.32. The topological polar surface area (TPSA) is 57.6 Å². The van der Waals surface area contributed by atoms with Gasteiger partial charge in [0, 0.05) is 19.5 Å². The van der Waals surface area contributed by atoms with Gasteiger partial charge in [0.05, 0.1) is 5.92 Å². The van der Waals surface area contributed by atoms with Crippen LogP contribution in [0.2, 0.25) is 0 Å². The highest BCUT2D eigenvalue weighted by molar-refractivity contribution is 5.82. The normalized spacial score (nSPS) is 12.4. The van der Waals surface area contributed by atoms with Gasteiger partial charge < -0.3 is 10.0 Å². The van der Waals surface area contributed by atoms with Gasteiger partial charge in [0.2, 0.25) is 5.91 Å². The van der Waals surface area contributed by atoms with Crippen LogP contribution in [0.5, 0.6) is 0 Å². The minimum Gasteiger partial charge on any atom is -0.481 e. The monoisotopic (exact) mass is 409 g/mol. The van der Waals surface area contributed by atoms with Crippen molar-refractivity contribution >= 4 is 11.9 Å². The van der Waals surface area contributed by atoms with E-state index in [4.69, 9.17) is 0 Å². The molecule has 0 rings (SSSR count). The third kappa shape index (κ3) is 16.2. The van der Waals surface area contributed by atoms with Crippen molar-refractivity contribution in [2.75, 3.05) is 13.1 Å². The molecule has 1 N–H and O–H groups in total. The van der Waals surface area contributed by atoms with Gasteiger partial charge >= 0.3 is 5.97 Å². The minimum atomic E-state index is -0.841. The largest absolute Gasteiger partial charge is 0.481 e. The lowest BCUT2D eigenvalue weighted by atomic mass is 9.97. The van der Waals surface area contributed by atoms with Crippen molar-refractivity contribution in [3.8, 4) is 0 Å². The van der Waals surface area contributed by atoms with Gasteiger partial charge in [-0.2, -0.15) is 0 Å². The lowest BCUT2D eigenvalue weighted by Gasteiger charge is -2.21. The van der Waals surface area contributed by atoms with Crippen molar-refractivity contribution in [2.45, 2.75) is 117 Å². The summed E-state index contributed by atoms with van der Waals surface area (Å²) in [6, 6.07) is 0. The third-order valence-corrected chi connectivity index (χ3v) is 5.70. The lowest BCUT2D eigenvalue weighted by Crippen LogP contribution is -2.33. The van der Waals surface area contributed by atoms with E-state index in [9.17, 15) is 14.7 Å². The molecule has 0 fully saturated rings. The number of hydrogen-bond donors (Lipinski definition) is 1. The SMILES string of the molecule is CCCCCCCCCCC/C=C/CCCCC(CC(=O)N(CC)CC)C(=O)O. The maximum absolute atomic E-state index is 12.1. The molecule has 1 unspecified atom stereocenters. The number of nitrogens with zero attached hydrogens (tertiary/aromatic N) is 1. The van der Waals surface area contributed by atoms with E-state index in [0.29, 0.717) is 19.5 Å². The predicted octanol–water partition coefficient (Wildman–Crippen LogP) is 6.98. The van der Waals surface area contributed by atoms with E-state index in [1.165, 1.54) is 57.8 Å². The molecule has 0 heterocycles. The van der Waals surface area contributed by atoms with Gasteiger partial charge in [-0.1, -0.05) is 76.9 Å². The molecule has 0 spiro atoms. The molecule has 0 aliphatic heterocycles. The number of carboxylic acids is 1. The molecule has 0 bridgehead atoms. The first-order chi connectivity index (χ1) is 14.1. The average molecular weight is 410 g/mol. The van der Waals surface area contributed by atoms with Crippen LogP contribution in [0.4, 0.5) is 0 Å². The van der Waals surface area contributed by atoms with Crippen molar-refractivity contribution in [2.24, 2.45) is 5.92 Å². The van der Waals surface area contributed by atoms with E-state index >= 15 is 0 Å². The first-order valence-electron chi connectivity index (χ1n) is 12.2. The molecule has 170 valence electrons. The van der Waals surface area contributed by atoms with Gasteiger partial charge in [-0.15, -0.1) is 0 Å². The zero-order chi connectivity index (χ0) is 21.7. The van der Waals surface area contributed by atoms with E-state index < -0.39 is 11.9 Å². The first kappa shape index (κ1) is 27.7. The molecule has 4 nitrogen and oxygen atoms in total. The van der Waals surface area contributed by atoms with Crippen LogP contribution < -0.4 is 0 Å². The van der Waals surface area contributed by atoms with Crippen molar-refractivity contribution in [1.29, 1.82) is 0 Å². The number of carbonyl (C=O) groups excluding carboxylic acids is 1. The van der Waals surface area contributed by atoms with Gasteiger partial charge in [-0.05, 0) is 46.0 Å². The van der Waals surface area contributed by atoms with Crippen LogP contribution in [-0.4, -0.2) is 35.0 Å². The van der Waals surface area contributed by atoms with E-state index in [2.05, 4.69) is 19.1 Å². The fourth-order valence-electron chi connectivity index (χ4n) is 3.69. The molecule has 1 amide bonds. The number of carboxylic acid groups (broad SMARTS) is 1. The summed E-state index contributed by atoms with van der Waals surface area (Å²) >= 11 is 0. The number of rotatable bonds is 20. The Morgan fingerprint density at radius 2 is 1.24 bits per heavy atom. The van der Waals surface area contributed by atoms with Gasteiger partial charge in [0.1, 0.15) is 0 Å².